The van der Waals surface area contributed by atoms with Gasteiger partial charge in [-0.3, -0.25) is 9.52 Å². The van der Waals surface area contributed by atoms with Gasteiger partial charge in [0.15, 0.2) is 0 Å². The predicted molar refractivity (Wildman–Crippen MR) is 162 cm³/mol. The number of ether oxygens (including phenoxy) is 2. The Morgan fingerprint density at radius 1 is 1.23 bits per heavy atom. The number of morpholine rings is 1. The van der Waals surface area contributed by atoms with Gasteiger partial charge in [0.2, 0.25) is 6.41 Å². The Hall–Kier alpha value is -2.20. The minimum atomic E-state index is -1.69. The van der Waals surface area contributed by atoms with E-state index in [-0.39, 0.29) is 12.7 Å². The molecule has 7 nitrogen and oxygen atoms in total. The first-order valence-electron chi connectivity index (χ1n) is 13.4. The smallest absolute Gasteiger partial charge is 0.215 e. The summed E-state index contributed by atoms with van der Waals surface area (Å²) in [6, 6.07) is 13.3. The van der Waals surface area contributed by atoms with Crippen molar-refractivity contribution in [2.24, 2.45) is 4.99 Å². The standard InChI is InChI=1S/C28H35B3N4O3S/c1-19-4-8-24(34-12-13-37-25(16-34)17-38-28(29,30)31)15-27(19)32-21(3)35(18-36)11-10-22-5-9-26(14-20(22)2)39-33-23-6-7-23/h4-5,8-9,14-15,18,23,25,33H,6-7,10-13,16-17H2,1-3H3. The van der Waals surface area contributed by atoms with Crippen LogP contribution in [0.25, 0.3) is 0 Å². The first kappa shape index (κ1) is 29.8. The molecule has 2 aliphatic rings. The van der Waals surface area contributed by atoms with Crippen LogP contribution in [0.1, 0.15) is 36.5 Å². The summed E-state index contributed by atoms with van der Waals surface area (Å²) in [6.07, 6.45) is 3.93. The van der Waals surface area contributed by atoms with Crippen molar-refractivity contribution >= 4 is 59.1 Å². The predicted octanol–water partition coefficient (Wildman–Crippen LogP) is 3.15. The molecule has 1 saturated carbocycles. The minimum Gasteiger partial charge on any atom is -0.400 e. The minimum absolute atomic E-state index is 0.197. The summed E-state index contributed by atoms with van der Waals surface area (Å²) in [6.45, 7) is 8.64. The molecule has 4 rings (SSSR count). The molecule has 1 N–H and O–H groups in total. The summed E-state index contributed by atoms with van der Waals surface area (Å²) in [5, 5.41) is -1.69. The average molecular weight is 540 g/mol. The fourth-order valence-corrected chi connectivity index (χ4v) is 5.25. The molecule has 2 aromatic carbocycles. The highest BCUT2D eigenvalue weighted by Gasteiger charge is 2.23. The van der Waals surface area contributed by atoms with Crippen LogP contribution in [-0.4, -0.2) is 91.0 Å². The van der Waals surface area contributed by atoms with Gasteiger partial charge in [0.05, 0.1) is 48.5 Å². The number of aryl methyl sites for hydroxylation is 2. The number of aliphatic imine (C=N–C) groups is 1. The van der Waals surface area contributed by atoms with Gasteiger partial charge in [0, 0.05) is 36.3 Å². The molecule has 2 aromatic rings. The maximum absolute atomic E-state index is 12.0. The van der Waals surface area contributed by atoms with Crippen molar-refractivity contribution in [2.45, 2.75) is 62.4 Å². The number of nitrogens with one attached hydrogen (secondary N) is 1. The normalized spacial score (nSPS) is 18.3. The third-order valence-electron chi connectivity index (χ3n) is 6.90. The van der Waals surface area contributed by atoms with E-state index in [0.29, 0.717) is 31.6 Å². The fraction of sp³-hybridized carbons (Fsp3) is 0.500. The van der Waals surface area contributed by atoms with Crippen molar-refractivity contribution in [2.75, 3.05) is 37.7 Å². The first-order valence-corrected chi connectivity index (χ1v) is 14.2. The van der Waals surface area contributed by atoms with E-state index in [1.54, 1.807) is 16.8 Å². The number of amides is 1. The van der Waals surface area contributed by atoms with Crippen molar-refractivity contribution in [1.29, 1.82) is 0 Å². The number of hydrogen-bond donors (Lipinski definition) is 1. The van der Waals surface area contributed by atoms with Crippen molar-refractivity contribution in [3.8, 4) is 0 Å². The average Bonchev–Trinajstić information content (AvgIpc) is 3.73. The molecule has 1 unspecified atom stereocenters. The number of carbonyl (C=O) groups is 1. The van der Waals surface area contributed by atoms with Gasteiger partial charge in [0.1, 0.15) is 5.84 Å². The van der Waals surface area contributed by atoms with Crippen LogP contribution in [-0.2, 0) is 20.7 Å². The maximum atomic E-state index is 12.0. The molecule has 0 bridgehead atoms. The summed E-state index contributed by atoms with van der Waals surface area (Å²) < 4.78 is 14.6. The van der Waals surface area contributed by atoms with Crippen LogP contribution >= 0.6 is 11.9 Å². The van der Waals surface area contributed by atoms with Crippen LogP contribution in [0, 0.1) is 13.8 Å². The maximum Gasteiger partial charge on any atom is 0.215 e. The third kappa shape index (κ3) is 9.17. The lowest BCUT2D eigenvalue weighted by atomic mass is 9.52. The molecule has 39 heavy (non-hydrogen) atoms. The van der Waals surface area contributed by atoms with E-state index in [1.165, 1.54) is 28.9 Å². The van der Waals surface area contributed by atoms with Crippen LogP contribution in [0.4, 0.5) is 11.4 Å². The van der Waals surface area contributed by atoms with Crippen molar-refractivity contribution < 1.29 is 14.3 Å². The fourth-order valence-electron chi connectivity index (χ4n) is 4.34. The zero-order chi connectivity index (χ0) is 28.0. The summed E-state index contributed by atoms with van der Waals surface area (Å²) in [4.78, 5) is 21.9. The van der Waals surface area contributed by atoms with Gasteiger partial charge >= 0.3 is 0 Å². The number of nitrogens with zero attached hydrogens (tertiary/aromatic N) is 3. The van der Waals surface area contributed by atoms with E-state index < -0.39 is 5.30 Å². The molecule has 0 aromatic heterocycles. The zero-order valence-electron chi connectivity index (χ0n) is 23.1. The first-order chi connectivity index (χ1) is 18.6. The lowest BCUT2D eigenvalue weighted by molar-refractivity contribution is -0.114. The molecule has 1 heterocycles. The number of carbonyl (C=O) groups excluding carboxylic acids is 1. The lowest BCUT2D eigenvalue weighted by Gasteiger charge is -2.36. The summed E-state index contributed by atoms with van der Waals surface area (Å²) in [5.41, 5.74) is 5.32. The number of hydrogen-bond acceptors (Lipinski definition) is 7. The van der Waals surface area contributed by atoms with E-state index in [2.05, 4.69) is 40.8 Å². The molecule has 0 spiro atoms. The topological polar surface area (TPSA) is 66.4 Å². The Morgan fingerprint density at radius 2 is 2.03 bits per heavy atom. The number of benzene rings is 2. The Morgan fingerprint density at radius 3 is 2.72 bits per heavy atom. The van der Waals surface area contributed by atoms with Crippen LogP contribution in [0.15, 0.2) is 46.3 Å². The second-order valence-electron chi connectivity index (χ2n) is 10.4. The number of amidine groups is 1. The van der Waals surface area contributed by atoms with Crippen LogP contribution < -0.4 is 9.62 Å². The van der Waals surface area contributed by atoms with Crippen LogP contribution in [0.3, 0.4) is 0 Å². The molecule has 2 fully saturated rings. The van der Waals surface area contributed by atoms with Gasteiger partial charge in [-0.2, -0.15) is 0 Å². The monoisotopic (exact) mass is 540 g/mol. The van der Waals surface area contributed by atoms with Crippen LogP contribution in [0.2, 0.25) is 0 Å². The highest BCUT2D eigenvalue weighted by Crippen LogP contribution is 2.28. The zero-order valence-corrected chi connectivity index (χ0v) is 23.9. The summed E-state index contributed by atoms with van der Waals surface area (Å²) >= 11 is 1.70. The van der Waals surface area contributed by atoms with Crippen molar-refractivity contribution in [3.05, 3.63) is 53.1 Å². The Labute approximate surface area is 240 Å². The van der Waals surface area contributed by atoms with Gasteiger partial charge in [-0.05, 0) is 98.2 Å². The lowest BCUT2D eigenvalue weighted by Crippen LogP contribution is -2.47. The summed E-state index contributed by atoms with van der Waals surface area (Å²) in [5.74, 6) is 0.655. The molecule has 6 radical (unpaired) electrons. The number of anilines is 1. The largest absolute Gasteiger partial charge is 0.400 e. The molecule has 1 aliphatic carbocycles. The quantitative estimate of drug-likeness (QED) is 0.147. The van der Waals surface area contributed by atoms with Gasteiger partial charge < -0.3 is 19.3 Å². The molecular weight excluding hydrogens is 505 g/mol. The van der Waals surface area contributed by atoms with Gasteiger partial charge in [-0.1, -0.05) is 12.1 Å². The Kier molecular flexibility index (Phi) is 10.3. The van der Waals surface area contributed by atoms with E-state index in [0.717, 1.165) is 36.3 Å². The van der Waals surface area contributed by atoms with Crippen molar-refractivity contribution in [3.63, 3.8) is 0 Å². The van der Waals surface area contributed by atoms with Crippen LogP contribution in [0.5, 0.6) is 0 Å². The molecule has 1 atom stereocenters. The van der Waals surface area contributed by atoms with E-state index in [4.69, 9.17) is 38.0 Å². The second kappa shape index (κ2) is 13.4. The molecule has 1 aliphatic heterocycles. The third-order valence-corrected chi connectivity index (χ3v) is 7.84. The van der Waals surface area contributed by atoms with Crippen molar-refractivity contribution in [1.82, 2.24) is 9.62 Å². The Bertz CT molecular complexity index is 1170. The number of rotatable bonds is 12. The highest BCUT2D eigenvalue weighted by atomic mass is 32.2. The molecule has 200 valence electrons. The van der Waals surface area contributed by atoms with Gasteiger partial charge in [0.25, 0.3) is 0 Å². The second-order valence-corrected chi connectivity index (χ2v) is 11.3. The molecule has 1 amide bonds. The van der Waals surface area contributed by atoms with E-state index in [9.17, 15) is 4.79 Å². The highest BCUT2D eigenvalue weighted by molar-refractivity contribution is 7.97. The molecule has 1 saturated heterocycles. The van der Waals surface area contributed by atoms with E-state index >= 15 is 0 Å². The SMILES string of the molecule is [B]C([B])([B])OCC1CN(c2ccc(C)c(N=C(C)N(C=O)CCc3ccc(SNC4CC4)cc3C)c2)CCO1. The molecule has 11 heteroatoms. The van der Waals surface area contributed by atoms with E-state index in [1.807, 2.05) is 26.0 Å². The van der Waals surface area contributed by atoms with Gasteiger partial charge in [-0.25, -0.2) is 4.99 Å². The Balaban J connectivity index is 1.38. The van der Waals surface area contributed by atoms with Gasteiger partial charge in [-0.15, -0.1) is 0 Å². The molecular formula is C28H35B3N4O3S. The summed E-state index contributed by atoms with van der Waals surface area (Å²) in [7, 11) is 16.6.